The lowest BCUT2D eigenvalue weighted by molar-refractivity contribution is -0.141. The van der Waals surface area contributed by atoms with Crippen LogP contribution < -0.4 is 4.90 Å². The number of alkyl halides is 3. The molecule has 1 aromatic carbocycles. The van der Waals surface area contributed by atoms with Crippen molar-refractivity contribution in [3.05, 3.63) is 87.9 Å². The van der Waals surface area contributed by atoms with Crippen LogP contribution >= 0.6 is 15.9 Å². The molecule has 1 amide bonds. The van der Waals surface area contributed by atoms with Crippen LogP contribution in [0.1, 0.15) is 27.4 Å². The zero-order valence-corrected chi connectivity index (χ0v) is 16.3. The number of benzene rings is 1. The number of anilines is 1. The van der Waals surface area contributed by atoms with Gasteiger partial charge < -0.3 is 4.90 Å². The average Bonchev–Trinajstić information content (AvgIpc) is 2.66. The van der Waals surface area contributed by atoms with Crippen LogP contribution in [0.5, 0.6) is 0 Å². The van der Waals surface area contributed by atoms with E-state index in [1.54, 1.807) is 48.7 Å². The number of rotatable bonds is 4. The molecule has 0 spiro atoms. The Bertz CT molecular complexity index is 976. The number of pyridine rings is 2. The number of carbonyl (C=O) groups is 1. The van der Waals surface area contributed by atoms with E-state index in [-0.39, 0.29) is 17.8 Å². The van der Waals surface area contributed by atoms with E-state index in [0.29, 0.717) is 11.4 Å². The van der Waals surface area contributed by atoms with Gasteiger partial charge in [0.2, 0.25) is 0 Å². The van der Waals surface area contributed by atoms with Crippen molar-refractivity contribution in [3.8, 4) is 0 Å². The smallest absolute Gasteiger partial charge is 0.302 e. The predicted molar refractivity (Wildman–Crippen MR) is 103 cm³/mol. The molecule has 0 fully saturated rings. The molecule has 4 nitrogen and oxygen atoms in total. The van der Waals surface area contributed by atoms with E-state index in [0.717, 1.165) is 16.6 Å². The summed E-state index contributed by atoms with van der Waals surface area (Å²) in [5, 5.41) is 0. The van der Waals surface area contributed by atoms with Crippen molar-refractivity contribution in [2.45, 2.75) is 19.6 Å². The van der Waals surface area contributed by atoms with E-state index in [1.807, 2.05) is 0 Å². The van der Waals surface area contributed by atoms with Crippen LogP contribution in [0.2, 0.25) is 0 Å². The van der Waals surface area contributed by atoms with E-state index in [1.165, 1.54) is 11.8 Å². The summed E-state index contributed by atoms with van der Waals surface area (Å²) in [5.41, 5.74) is 0.339. The second kappa shape index (κ2) is 8.10. The van der Waals surface area contributed by atoms with Gasteiger partial charge >= 0.3 is 6.18 Å². The third-order valence-corrected chi connectivity index (χ3v) is 4.57. The largest absolute Gasteiger partial charge is 0.433 e. The van der Waals surface area contributed by atoms with E-state index < -0.39 is 17.8 Å². The van der Waals surface area contributed by atoms with Gasteiger partial charge in [-0.3, -0.25) is 9.78 Å². The second-order valence-corrected chi connectivity index (χ2v) is 6.93. The molecule has 0 unspecified atom stereocenters. The van der Waals surface area contributed by atoms with Gasteiger partial charge in [0.15, 0.2) is 0 Å². The van der Waals surface area contributed by atoms with E-state index in [4.69, 9.17) is 0 Å². The Labute approximate surface area is 168 Å². The molecule has 0 aliphatic rings. The van der Waals surface area contributed by atoms with E-state index in [9.17, 15) is 18.0 Å². The van der Waals surface area contributed by atoms with Gasteiger partial charge in [-0.25, -0.2) is 4.98 Å². The third-order valence-electron chi connectivity index (χ3n) is 4.04. The molecule has 2 heterocycles. The van der Waals surface area contributed by atoms with E-state index in [2.05, 4.69) is 25.9 Å². The Morgan fingerprint density at radius 3 is 2.36 bits per heavy atom. The van der Waals surface area contributed by atoms with Gasteiger partial charge in [-0.05, 0) is 55.5 Å². The maximum atomic E-state index is 13.2. The lowest BCUT2D eigenvalue weighted by Gasteiger charge is -2.23. The maximum Gasteiger partial charge on any atom is 0.433 e. The predicted octanol–water partition coefficient (Wildman–Crippen LogP) is 5.41. The molecule has 0 saturated heterocycles. The van der Waals surface area contributed by atoms with Crippen LogP contribution in [-0.4, -0.2) is 15.9 Å². The maximum absolute atomic E-state index is 13.2. The number of aryl methyl sites for hydroxylation is 1. The van der Waals surface area contributed by atoms with Gasteiger partial charge in [0, 0.05) is 16.4 Å². The van der Waals surface area contributed by atoms with Crippen LogP contribution in [0.4, 0.5) is 18.9 Å². The minimum atomic E-state index is -4.56. The standard InChI is InChI=1S/C20H15BrF3N3O/c1-13-17(9-10-18(26-13)20(22,23)24)19(28)27(12-15-4-2-3-11-25-15)16-7-5-14(21)6-8-16/h2-11H,12H2,1H3. The van der Waals surface area contributed by atoms with Crippen molar-refractivity contribution in [1.82, 2.24) is 9.97 Å². The first-order valence-electron chi connectivity index (χ1n) is 8.28. The summed E-state index contributed by atoms with van der Waals surface area (Å²) < 4.78 is 39.5. The summed E-state index contributed by atoms with van der Waals surface area (Å²) in [6, 6.07) is 14.4. The second-order valence-electron chi connectivity index (χ2n) is 6.02. The summed E-state index contributed by atoms with van der Waals surface area (Å²) >= 11 is 3.35. The normalized spacial score (nSPS) is 11.3. The molecule has 3 aromatic rings. The highest BCUT2D eigenvalue weighted by molar-refractivity contribution is 9.10. The molecule has 3 rings (SSSR count). The van der Waals surface area contributed by atoms with Gasteiger partial charge in [-0.2, -0.15) is 13.2 Å². The average molecular weight is 450 g/mol. The van der Waals surface area contributed by atoms with Crippen molar-refractivity contribution in [2.75, 3.05) is 4.90 Å². The molecule has 0 aliphatic carbocycles. The van der Waals surface area contributed by atoms with Crippen molar-refractivity contribution in [3.63, 3.8) is 0 Å². The highest BCUT2D eigenvalue weighted by Gasteiger charge is 2.33. The van der Waals surface area contributed by atoms with Gasteiger partial charge in [0.1, 0.15) is 5.69 Å². The summed E-state index contributed by atoms with van der Waals surface area (Å²) in [7, 11) is 0. The fourth-order valence-electron chi connectivity index (χ4n) is 2.65. The van der Waals surface area contributed by atoms with Crippen LogP contribution in [0, 0.1) is 6.92 Å². The Morgan fingerprint density at radius 2 is 1.79 bits per heavy atom. The first-order valence-corrected chi connectivity index (χ1v) is 9.07. The summed E-state index contributed by atoms with van der Waals surface area (Å²) in [4.78, 5) is 22.5. The number of carbonyl (C=O) groups excluding carboxylic acids is 1. The summed E-state index contributed by atoms with van der Waals surface area (Å²) in [6.45, 7) is 1.56. The van der Waals surface area contributed by atoms with Gasteiger partial charge in [0.05, 0.1) is 23.5 Å². The zero-order valence-electron chi connectivity index (χ0n) is 14.7. The molecule has 0 radical (unpaired) electrons. The van der Waals surface area contributed by atoms with Crippen LogP contribution in [0.25, 0.3) is 0 Å². The molecule has 8 heteroatoms. The lowest BCUT2D eigenvalue weighted by Crippen LogP contribution is -2.31. The Hall–Kier alpha value is -2.74. The molecule has 2 aromatic heterocycles. The number of nitrogens with zero attached hydrogens (tertiary/aromatic N) is 3. The van der Waals surface area contributed by atoms with Crippen molar-refractivity contribution in [1.29, 1.82) is 0 Å². The Morgan fingerprint density at radius 1 is 1.07 bits per heavy atom. The first-order chi connectivity index (χ1) is 13.3. The molecule has 0 atom stereocenters. The SMILES string of the molecule is Cc1nc(C(F)(F)F)ccc1C(=O)N(Cc1ccccn1)c1ccc(Br)cc1. The number of halogens is 4. The topological polar surface area (TPSA) is 46.1 Å². The zero-order chi connectivity index (χ0) is 20.3. The Kier molecular flexibility index (Phi) is 5.79. The molecule has 0 aliphatic heterocycles. The minimum absolute atomic E-state index is 0.0166. The monoisotopic (exact) mass is 449 g/mol. The summed E-state index contributed by atoms with van der Waals surface area (Å²) in [6.07, 6.45) is -2.95. The first kappa shape index (κ1) is 20.0. The van der Waals surface area contributed by atoms with Crippen LogP contribution in [-0.2, 0) is 12.7 Å². The number of aromatic nitrogens is 2. The van der Waals surface area contributed by atoms with E-state index >= 15 is 0 Å². The molecule has 0 N–H and O–H groups in total. The highest BCUT2D eigenvalue weighted by Crippen LogP contribution is 2.29. The van der Waals surface area contributed by atoms with Gasteiger partial charge in [-0.1, -0.05) is 22.0 Å². The summed E-state index contributed by atoms with van der Waals surface area (Å²) in [5.74, 6) is -0.452. The number of amides is 1. The van der Waals surface area contributed by atoms with Crippen molar-refractivity contribution < 1.29 is 18.0 Å². The molecule has 144 valence electrons. The highest BCUT2D eigenvalue weighted by atomic mass is 79.9. The fraction of sp³-hybridized carbons (Fsp3) is 0.150. The molecule has 0 saturated carbocycles. The van der Waals surface area contributed by atoms with Gasteiger partial charge in [-0.15, -0.1) is 0 Å². The minimum Gasteiger partial charge on any atom is -0.302 e. The lowest BCUT2D eigenvalue weighted by atomic mass is 10.1. The Balaban J connectivity index is 2.00. The molecule has 28 heavy (non-hydrogen) atoms. The fourth-order valence-corrected chi connectivity index (χ4v) is 2.91. The van der Waals surface area contributed by atoms with Crippen LogP contribution in [0.15, 0.2) is 65.3 Å². The van der Waals surface area contributed by atoms with Crippen molar-refractivity contribution >= 4 is 27.5 Å². The molecular formula is C20H15BrF3N3O. The number of hydrogen-bond donors (Lipinski definition) is 0. The third kappa shape index (κ3) is 4.56. The molecular weight excluding hydrogens is 435 g/mol. The molecule has 0 bridgehead atoms. The van der Waals surface area contributed by atoms with Gasteiger partial charge in [0.25, 0.3) is 5.91 Å². The van der Waals surface area contributed by atoms with Crippen molar-refractivity contribution in [2.24, 2.45) is 0 Å². The van der Waals surface area contributed by atoms with Crippen LogP contribution in [0.3, 0.4) is 0 Å². The quantitative estimate of drug-likeness (QED) is 0.534. The number of hydrogen-bond acceptors (Lipinski definition) is 3.